The van der Waals surface area contributed by atoms with Gasteiger partial charge in [-0.1, -0.05) is 30.3 Å². The van der Waals surface area contributed by atoms with Gasteiger partial charge in [0.15, 0.2) is 0 Å². The van der Waals surface area contributed by atoms with E-state index in [4.69, 9.17) is 9.57 Å². The van der Waals surface area contributed by atoms with Crippen molar-refractivity contribution < 1.29 is 27.9 Å². The molecule has 0 aliphatic rings. The maximum Gasteiger partial charge on any atom is 0.338 e. The minimum absolute atomic E-state index is 0.0239. The fourth-order valence-electron chi connectivity index (χ4n) is 3.00. The highest BCUT2D eigenvalue weighted by Gasteiger charge is 2.16. The quantitative estimate of drug-likeness (QED) is 0.476. The lowest BCUT2D eigenvalue weighted by Crippen LogP contribution is -2.23. The topological polar surface area (TPSA) is 64.6 Å². The lowest BCUT2D eigenvalue weighted by Gasteiger charge is -2.13. The molecule has 7 heteroatoms. The molecule has 0 unspecified atom stereocenters. The number of hydrogen-bond acceptors (Lipinski definition) is 4. The number of nitrogens with one attached hydrogen (secondary N) is 1. The molecule has 3 aromatic rings. The zero-order valence-corrected chi connectivity index (χ0v) is 16.4. The fourth-order valence-corrected chi connectivity index (χ4v) is 3.00. The summed E-state index contributed by atoms with van der Waals surface area (Å²) in [4.78, 5) is 29.4. The van der Waals surface area contributed by atoms with Crippen molar-refractivity contribution in [3.8, 4) is 11.1 Å². The average molecular weight is 411 g/mol. The molecule has 1 N–H and O–H groups in total. The minimum Gasteiger partial charge on any atom is -0.465 e. The molecule has 0 heterocycles. The SMILES string of the molecule is COC(=O)c1ccc(CONC(=O)c2cc(F)cc(F)c2)cc1-c1ccccc1C. The van der Waals surface area contributed by atoms with Gasteiger partial charge in [0, 0.05) is 11.6 Å². The van der Waals surface area contributed by atoms with Crippen molar-refractivity contribution in [2.24, 2.45) is 0 Å². The maximum absolute atomic E-state index is 13.2. The van der Waals surface area contributed by atoms with Crippen LogP contribution < -0.4 is 5.48 Å². The molecule has 0 aliphatic carbocycles. The van der Waals surface area contributed by atoms with Gasteiger partial charge in [-0.3, -0.25) is 9.63 Å². The van der Waals surface area contributed by atoms with Gasteiger partial charge in [-0.15, -0.1) is 0 Å². The summed E-state index contributed by atoms with van der Waals surface area (Å²) >= 11 is 0. The van der Waals surface area contributed by atoms with E-state index in [-0.39, 0.29) is 12.2 Å². The van der Waals surface area contributed by atoms with Crippen LogP contribution in [0.3, 0.4) is 0 Å². The van der Waals surface area contributed by atoms with Crippen LogP contribution in [-0.4, -0.2) is 19.0 Å². The maximum atomic E-state index is 13.2. The molecule has 3 aromatic carbocycles. The Balaban J connectivity index is 1.78. The molecule has 154 valence electrons. The van der Waals surface area contributed by atoms with Crippen LogP contribution in [-0.2, 0) is 16.2 Å². The van der Waals surface area contributed by atoms with Crippen molar-refractivity contribution in [1.82, 2.24) is 5.48 Å². The van der Waals surface area contributed by atoms with Crippen LogP contribution in [0.15, 0.2) is 60.7 Å². The molecule has 0 bridgehead atoms. The Bertz CT molecular complexity index is 1080. The number of hydroxylamine groups is 1. The lowest BCUT2D eigenvalue weighted by molar-refractivity contribution is 0.0233. The Morgan fingerprint density at radius 3 is 2.30 bits per heavy atom. The van der Waals surface area contributed by atoms with Crippen LogP contribution in [0, 0.1) is 18.6 Å². The number of rotatable bonds is 6. The monoisotopic (exact) mass is 411 g/mol. The molecule has 30 heavy (non-hydrogen) atoms. The van der Waals surface area contributed by atoms with E-state index < -0.39 is 23.5 Å². The van der Waals surface area contributed by atoms with Crippen LogP contribution in [0.1, 0.15) is 31.8 Å². The van der Waals surface area contributed by atoms with E-state index in [1.165, 1.54) is 7.11 Å². The Morgan fingerprint density at radius 1 is 0.933 bits per heavy atom. The standard InChI is InChI=1S/C23H19F2NO4/c1-14-5-3-4-6-19(14)21-9-15(7-8-20(21)23(28)29-2)13-30-26-22(27)16-10-17(24)12-18(25)11-16/h3-12H,13H2,1-2H3,(H,26,27). The molecule has 0 aromatic heterocycles. The number of methoxy groups -OCH3 is 1. The summed E-state index contributed by atoms with van der Waals surface area (Å²) in [6.07, 6.45) is 0. The van der Waals surface area contributed by atoms with Gasteiger partial charge in [-0.2, -0.15) is 0 Å². The first kappa shape index (κ1) is 21.1. The fraction of sp³-hybridized carbons (Fsp3) is 0.130. The number of ether oxygens (including phenoxy) is 1. The summed E-state index contributed by atoms with van der Waals surface area (Å²) in [6.45, 7) is 1.90. The van der Waals surface area contributed by atoms with E-state index in [1.54, 1.807) is 18.2 Å². The van der Waals surface area contributed by atoms with Crippen molar-refractivity contribution in [2.45, 2.75) is 13.5 Å². The van der Waals surface area contributed by atoms with E-state index in [0.29, 0.717) is 22.8 Å². The highest BCUT2D eigenvalue weighted by Crippen LogP contribution is 2.28. The highest BCUT2D eigenvalue weighted by atomic mass is 19.1. The number of carbonyl (C=O) groups excluding carboxylic acids is 2. The first-order valence-electron chi connectivity index (χ1n) is 9.04. The normalized spacial score (nSPS) is 10.5. The van der Waals surface area contributed by atoms with Crippen molar-refractivity contribution in [3.05, 3.63) is 94.6 Å². The summed E-state index contributed by atoms with van der Waals surface area (Å²) in [7, 11) is 1.31. The average Bonchev–Trinajstić information content (AvgIpc) is 2.72. The highest BCUT2D eigenvalue weighted by molar-refractivity contribution is 5.98. The Hall–Kier alpha value is -3.58. The molecule has 0 saturated heterocycles. The summed E-state index contributed by atoms with van der Waals surface area (Å²) in [6, 6.07) is 15.1. The molecular weight excluding hydrogens is 392 g/mol. The first-order valence-corrected chi connectivity index (χ1v) is 9.04. The molecule has 3 rings (SSSR count). The molecule has 0 fully saturated rings. The Kier molecular flexibility index (Phi) is 6.54. The van der Waals surface area contributed by atoms with E-state index in [1.807, 2.05) is 31.2 Å². The van der Waals surface area contributed by atoms with Crippen LogP contribution in [0.4, 0.5) is 8.78 Å². The Morgan fingerprint density at radius 2 is 1.63 bits per heavy atom. The zero-order valence-electron chi connectivity index (χ0n) is 16.4. The van der Waals surface area contributed by atoms with E-state index in [0.717, 1.165) is 23.3 Å². The third kappa shape index (κ3) is 4.87. The number of halogens is 2. The van der Waals surface area contributed by atoms with Crippen molar-refractivity contribution in [2.75, 3.05) is 7.11 Å². The van der Waals surface area contributed by atoms with Gasteiger partial charge < -0.3 is 4.74 Å². The van der Waals surface area contributed by atoms with Crippen molar-refractivity contribution in [1.29, 1.82) is 0 Å². The van der Waals surface area contributed by atoms with Crippen LogP contribution in [0.25, 0.3) is 11.1 Å². The van der Waals surface area contributed by atoms with Gasteiger partial charge in [-0.25, -0.2) is 19.1 Å². The lowest BCUT2D eigenvalue weighted by atomic mass is 9.94. The zero-order chi connectivity index (χ0) is 21.7. The van der Waals surface area contributed by atoms with E-state index in [2.05, 4.69) is 5.48 Å². The van der Waals surface area contributed by atoms with Crippen molar-refractivity contribution in [3.63, 3.8) is 0 Å². The van der Waals surface area contributed by atoms with E-state index in [9.17, 15) is 18.4 Å². The third-order valence-corrected chi connectivity index (χ3v) is 4.45. The summed E-state index contributed by atoms with van der Waals surface area (Å²) in [5, 5.41) is 0. The van der Waals surface area contributed by atoms with Crippen molar-refractivity contribution >= 4 is 11.9 Å². The molecular formula is C23H19F2NO4. The number of esters is 1. The van der Waals surface area contributed by atoms with E-state index >= 15 is 0 Å². The van der Waals surface area contributed by atoms with Crippen LogP contribution in [0.2, 0.25) is 0 Å². The molecule has 1 amide bonds. The van der Waals surface area contributed by atoms with Gasteiger partial charge in [0.25, 0.3) is 5.91 Å². The predicted octanol–water partition coefficient (Wildman–Crippen LogP) is 4.59. The van der Waals surface area contributed by atoms with Crippen LogP contribution in [0.5, 0.6) is 0 Å². The summed E-state index contributed by atoms with van der Waals surface area (Å²) in [5.41, 5.74) is 5.53. The van der Waals surface area contributed by atoms with Gasteiger partial charge in [-0.05, 0) is 53.4 Å². The number of aryl methyl sites for hydroxylation is 1. The molecule has 0 atom stereocenters. The number of hydrogen-bond donors (Lipinski definition) is 1. The second kappa shape index (κ2) is 9.28. The largest absolute Gasteiger partial charge is 0.465 e. The van der Waals surface area contributed by atoms with Gasteiger partial charge >= 0.3 is 5.97 Å². The molecule has 0 spiro atoms. The second-order valence-electron chi connectivity index (χ2n) is 6.56. The molecule has 0 saturated carbocycles. The molecule has 0 radical (unpaired) electrons. The Labute approximate surface area is 172 Å². The first-order chi connectivity index (χ1) is 14.4. The second-order valence-corrected chi connectivity index (χ2v) is 6.56. The number of carbonyl (C=O) groups is 2. The van der Waals surface area contributed by atoms with Gasteiger partial charge in [0.2, 0.25) is 0 Å². The van der Waals surface area contributed by atoms with Gasteiger partial charge in [0.1, 0.15) is 11.6 Å². The summed E-state index contributed by atoms with van der Waals surface area (Å²) < 4.78 is 31.4. The molecule has 0 aliphatic heterocycles. The smallest absolute Gasteiger partial charge is 0.338 e. The third-order valence-electron chi connectivity index (χ3n) is 4.45. The van der Waals surface area contributed by atoms with Gasteiger partial charge in [0.05, 0.1) is 19.3 Å². The summed E-state index contributed by atoms with van der Waals surface area (Å²) in [5.74, 6) is -2.97. The number of benzene rings is 3. The van der Waals surface area contributed by atoms with Crippen LogP contribution >= 0.6 is 0 Å². The minimum atomic E-state index is -0.860. The predicted molar refractivity (Wildman–Crippen MR) is 107 cm³/mol. The molecule has 5 nitrogen and oxygen atoms in total. The number of amides is 1.